The van der Waals surface area contributed by atoms with Gasteiger partial charge in [0.2, 0.25) is 5.91 Å². The zero-order chi connectivity index (χ0) is 22.4. The van der Waals surface area contributed by atoms with Crippen molar-refractivity contribution in [2.75, 3.05) is 31.6 Å². The minimum Gasteiger partial charge on any atom is -0.462 e. The van der Waals surface area contributed by atoms with Crippen LogP contribution in [0.1, 0.15) is 41.4 Å². The van der Waals surface area contributed by atoms with Crippen molar-refractivity contribution < 1.29 is 18.7 Å². The summed E-state index contributed by atoms with van der Waals surface area (Å²) < 4.78 is 18.7. The second kappa shape index (κ2) is 10.5. The van der Waals surface area contributed by atoms with Crippen LogP contribution in [0, 0.1) is 30.0 Å². The Morgan fingerprint density at radius 3 is 2.58 bits per heavy atom. The minimum absolute atomic E-state index is 0.114. The normalized spacial score (nSPS) is 14.8. The van der Waals surface area contributed by atoms with Crippen LogP contribution in [-0.2, 0) is 9.53 Å². The molecule has 0 unspecified atom stereocenters. The van der Waals surface area contributed by atoms with E-state index in [1.54, 1.807) is 19.1 Å². The van der Waals surface area contributed by atoms with Gasteiger partial charge in [0, 0.05) is 29.3 Å². The van der Waals surface area contributed by atoms with Gasteiger partial charge in [-0.2, -0.15) is 5.26 Å². The van der Waals surface area contributed by atoms with Crippen LogP contribution < -0.4 is 5.32 Å². The molecule has 6 nitrogen and oxygen atoms in total. The van der Waals surface area contributed by atoms with E-state index in [0.717, 1.165) is 24.5 Å². The van der Waals surface area contributed by atoms with Gasteiger partial charge in [-0.3, -0.25) is 4.79 Å². The third kappa shape index (κ3) is 5.49. The van der Waals surface area contributed by atoms with Gasteiger partial charge in [-0.25, -0.2) is 9.18 Å². The summed E-state index contributed by atoms with van der Waals surface area (Å²) in [5, 5.41) is 12.2. The first-order chi connectivity index (χ1) is 14.9. The smallest absolute Gasteiger partial charge is 0.341 e. The Labute approximate surface area is 185 Å². The molecular formula is C23H26FN3O3S. The molecule has 2 heterocycles. The molecule has 164 valence electrons. The number of anilines is 1. The quantitative estimate of drug-likeness (QED) is 0.632. The third-order valence-electron chi connectivity index (χ3n) is 5.43. The number of nitrogens with one attached hydrogen (secondary N) is 1. The highest BCUT2D eigenvalue weighted by Gasteiger charge is 2.29. The highest BCUT2D eigenvalue weighted by Crippen LogP contribution is 2.41. The number of piperidine rings is 1. The maximum absolute atomic E-state index is 13.4. The summed E-state index contributed by atoms with van der Waals surface area (Å²) in [4.78, 5) is 28.7. The molecule has 1 N–H and O–H groups in total. The van der Waals surface area contributed by atoms with Crippen LogP contribution >= 0.6 is 11.3 Å². The summed E-state index contributed by atoms with van der Waals surface area (Å²) >= 11 is 1.33. The van der Waals surface area contributed by atoms with Crippen LogP contribution in [0.15, 0.2) is 24.3 Å². The van der Waals surface area contributed by atoms with Crippen LogP contribution in [0.25, 0.3) is 11.1 Å². The minimum atomic E-state index is -0.507. The van der Waals surface area contributed by atoms with E-state index in [-0.39, 0.29) is 24.2 Å². The summed E-state index contributed by atoms with van der Waals surface area (Å²) in [5.74, 6) is -1.13. The molecule has 1 saturated heterocycles. The maximum Gasteiger partial charge on any atom is 0.341 e. The maximum atomic E-state index is 13.4. The Balaban J connectivity index is 1.82. The molecule has 1 amide bonds. The van der Waals surface area contributed by atoms with Gasteiger partial charge in [0.15, 0.2) is 0 Å². The average molecular weight is 444 g/mol. The molecule has 1 aliphatic rings. The highest BCUT2D eigenvalue weighted by atomic mass is 32.1. The molecule has 0 bridgehead atoms. The second-order valence-corrected chi connectivity index (χ2v) is 8.70. The number of carbonyl (C=O) groups is 2. The summed E-state index contributed by atoms with van der Waals surface area (Å²) in [6.45, 7) is 6.08. The molecule has 31 heavy (non-hydrogen) atoms. The van der Waals surface area contributed by atoms with Gasteiger partial charge >= 0.3 is 5.97 Å². The largest absolute Gasteiger partial charge is 0.462 e. The number of nitrogens with zero attached hydrogens (tertiary/aromatic N) is 2. The fraction of sp³-hybridized carbons (Fsp3) is 0.435. The lowest BCUT2D eigenvalue weighted by molar-refractivity contribution is -0.121. The zero-order valence-electron chi connectivity index (χ0n) is 17.7. The number of aryl methyl sites for hydroxylation is 1. The van der Waals surface area contributed by atoms with E-state index >= 15 is 0 Å². The number of rotatable bonds is 7. The number of nitriles is 1. The number of hydrogen-bond donors (Lipinski definition) is 1. The van der Waals surface area contributed by atoms with Crippen molar-refractivity contribution in [3.8, 4) is 17.2 Å². The van der Waals surface area contributed by atoms with E-state index < -0.39 is 5.97 Å². The van der Waals surface area contributed by atoms with E-state index in [9.17, 15) is 14.0 Å². The molecule has 0 saturated carbocycles. The summed E-state index contributed by atoms with van der Waals surface area (Å²) in [6, 6.07) is 8.08. The van der Waals surface area contributed by atoms with Gasteiger partial charge in [0.05, 0.1) is 12.7 Å². The Morgan fingerprint density at radius 1 is 1.29 bits per heavy atom. The van der Waals surface area contributed by atoms with E-state index in [0.29, 0.717) is 41.0 Å². The molecule has 1 aromatic carbocycles. The SMILES string of the molecule is CCOC(=O)c1c(NC(=O)C2CCN(CCC#N)CC2)sc(C)c1-c1ccc(F)cc1. The van der Waals surface area contributed by atoms with E-state index in [2.05, 4.69) is 16.3 Å². The van der Waals surface area contributed by atoms with E-state index in [4.69, 9.17) is 10.00 Å². The van der Waals surface area contributed by atoms with Crippen LogP contribution in [0.3, 0.4) is 0 Å². The first-order valence-corrected chi connectivity index (χ1v) is 11.2. The van der Waals surface area contributed by atoms with Gasteiger partial charge < -0.3 is 15.0 Å². The number of hydrogen-bond acceptors (Lipinski definition) is 6. The van der Waals surface area contributed by atoms with Crippen molar-refractivity contribution in [2.24, 2.45) is 5.92 Å². The lowest BCUT2D eigenvalue weighted by Gasteiger charge is -2.30. The summed E-state index contributed by atoms with van der Waals surface area (Å²) in [6.07, 6.45) is 1.91. The predicted molar refractivity (Wildman–Crippen MR) is 118 cm³/mol. The van der Waals surface area contributed by atoms with Crippen molar-refractivity contribution in [1.82, 2.24) is 4.90 Å². The number of likely N-dealkylation sites (tertiary alicyclic amines) is 1. The standard InChI is InChI=1S/C23H26FN3O3S/c1-3-30-23(29)20-19(16-5-7-18(24)8-6-16)15(2)31-22(20)26-21(28)17-9-13-27(14-10-17)12-4-11-25/h5-8,17H,3-4,9-10,12-14H2,1-2H3,(H,26,28). The third-order valence-corrected chi connectivity index (χ3v) is 6.45. The van der Waals surface area contributed by atoms with Crippen molar-refractivity contribution in [2.45, 2.75) is 33.1 Å². The number of ether oxygens (including phenoxy) is 1. The molecule has 1 fully saturated rings. The lowest BCUT2D eigenvalue weighted by atomic mass is 9.95. The van der Waals surface area contributed by atoms with Crippen molar-refractivity contribution >= 4 is 28.2 Å². The second-order valence-electron chi connectivity index (χ2n) is 7.48. The number of esters is 1. The summed E-state index contributed by atoms with van der Waals surface area (Å²) in [5.41, 5.74) is 1.67. The molecule has 2 aromatic rings. The van der Waals surface area contributed by atoms with E-state index in [1.165, 1.54) is 23.5 Å². The molecule has 0 atom stereocenters. The van der Waals surface area contributed by atoms with Gasteiger partial charge in [0.25, 0.3) is 0 Å². The Bertz CT molecular complexity index is 973. The number of thiophene rings is 1. The fourth-order valence-electron chi connectivity index (χ4n) is 3.84. The molecule has 1 aliphatic heterocycles. The van der Waals surface area contributed by atoms with Crippen LogP contribution in [-0.4, -0.2) is 43.0 Å². The van der Waals surface area contributed by atoms with Gasteiger partial charge in [-0.15, -0.1) is 11.3 Å². The molecular weight excluding hydrogens is 417 g/mol. The number of halogens is 1. The number of benzene rings is 1. The highest BCUT2D eigenvalue weighted by molar-refractivity contribution is 7.17. The zero-order valence-corrected chi connectivity index (χ0v) is 18.6. The Morgan fingerprint density at radius 2 is 1.97 bits per heavy atom. The molecule has 0 aliphatic carbocycles. The number of amides is 1. The van der Waals surface area contributed by atoms with Crippen molar-refractivity contribution in [3.63, 3.8) is 0 Å². The average Bonchev–Trinajstić information content (AvgIpc) is 3.09. The van der Waals surface area contributed by atoms with Gasteiger partial charge in [0.1, 0.15) is 16.4 Å². The molecule has 8 heteroatoms. The fourth-order valence-corrected chi connectivity index (χ4v) is 4.90. The monoisotopic (exact) mass is 443 g/mol. The van der Waals surface area contributed by atoms with E-state index in [1.807, 2.05) is 6.92 Å². The summed E-state index contributed by atoms with van der Waals surface area (Å²) in [7, 11) is 0. The van der Waals surface area contributed by atoms with Crippen molar-refractivity contribution in [3.05, 3.63) is 40.5 Å². The predicted octanol–water partition coefficient (Wildman–Crippen LogP) is 4.60. The molecule has 0 spiro atoms. The van der Waals surface area contributed by atoms with Gasteiger partial charge in [-0.1, -0.05) is 12.1 Å². The number of carbonyl (C=O) groups excluding carboxylic acids is 2. The first-order valence-electron chi connectivity index (χ1n) is 10.4. The topological polar surface area (TPSA) is 82.4 Å². The van der Waals surface area contributed by atoms with Crippen molar-refractivity contribution in [1.29, 1.82) is 5.26 Å². The Kier molecular flexibility index (Phi) is 7.77. The lowest BCUT2D eigenvalue weighted by Crippen LogP contribution is -2.38. The molecule has 3 rings (SSSR count). The Hall–Kier alpha value is -2.76. The molecule has 1 aromatic heterocycles. The van der Waals surface area contributed by atoms with Crippen LogP contribution in [0.4, 0.5) is 9.39 Å². The van der Waals surface area contributed by atoms with Crippen LogP contribution in [0.5, 0.6) is 0 Å². The first kappa shape index (κ1) is 22.9. The molecule has 0 radical (unpaired) electrons. The van der Waals surface area contributed by atoms with Crippen LogP contribution in [0.2, 0.25) is 0 Å². The van der Waals surface area contributed by atoms with Gasteiger partial charge in [-0.05, 0) is 57.5 Å².